The molecule has 0 aromatic heterocycles. The predicted octanol–water partition coefficient (Wildman–Crippen LogP) is 2.94. The zero-order valence-corrected chi connectivity index (χ0v) is 22.2. The normalized spacial score (nSPS) is 13.9. The van der Waals surface area contributed by atoms with E-state index in [0.29, 0.717) is 19.3 Å². The molecule has 0 aromatic carbocycles. The Morgan fingerprint density at radius 1 is 0.667 bits per heavy atom. The Labute approximate surface area is 211 Å². The molecule has 2 atom stereocenters. The molecule has 0 aromatic rings. The van der Waals surface area contributed by atoms with Crippen LogP contribution < -0.4 is 51.4 Å². The average molecular weight is 431 g/mol. The minimum absolute atomic E-state index is 0. The van der Waals surface area contributed by atoms with E-state index >= 15 is 0 Å². The molecule has 0 aliphatic rings. The van der Waals surface area contributed by atoms with Gasteiger partial charge < -0.3 is 9.66 Å². The fraction of sp³-hybridized carbons (Fsp3) is 1.00. The van der Waals surface area contributed by atoms with E-state index < -0.39 is 15.4 Å². The molecule has 0 aliphatic heterocycles. The molecule has 0 rings (SSSR count). The molecule has 0 heterocycles. The van der Waals surface area contributed by atoms with E-state index in [-0.39, 0.29) is 57.5 Å². The molecule has 158 valence electrons. The predicted molar refractivity (Wildman–Crippen MR) is 109 cm³/mol. The molecule has 0 spiro atoms. The zero-order chi connectivity index (χ0) is 19.7. The molecule has 0 aliphatic carbocycles. The van der Waals surface area contributed by atoms with Gasteiger partial charge >= 0.3 is 51.4 Å². The third kappa shape index (κ3) is 20.6. The second-order valence-electron chi connectivity index (χ2n) is 7.81. The largest absolute Gasteiger partial charge is 1.00 e. The van der Waals surface area contributed by atoms with Gasteiger partial charge in [-0.1, -0.05) is 97.3 Å². The summed E-state index contributed by atoms with van der Waals surface area (Å²) in [6, 6.07) is 0. The van der Waals surface area contributed by atoms with Crippen molar-refractivity contribution in [2.75, 3.05) is 0 Å². The average Bonchev–Trinajstić information content (AvgIpc) is 2.58. The summed E-state index contributed by atoms with van der Waals surface area (Å²) in [6.07, 6.45) is 16.5. The summed E-state index contributed by atoms with van der Waals surface area (Å²) in [5.74, 6) is 0. The molecule has 2 unspecified atom stereocenters. The number of hydrogen-bond acceptors (Lipinski definition) is 4. The first-order valence-electron chi connectivity index (χ1n) is 11.0. The number of aliphatic hydroxyl groups excluding tert-OH is 1. The van der Waals surface area contributed by atoms with E-state index in [1.54, 1.807) is 0 Å². The number of hydrogen-bond donors (Lipinski definition) is 1. The van der Waals surface area contributed by atoms with E-state index in [0.717, 1.165) is 51.4 Å². The van der Waals surface area contributed by atoms with E-state index in [1.165, 1.54) is 38.5 Å². The molecule has 0 amide bonds. The fourth-order valence-corrected chi connectivity index (χ4v) is 4.38. The molecular formula is C21H43KO4S. The molecule has 4 nitrogen and oxygen atoms in total. The molecule has 6 heteroatoms. The van der Waals surface area contributed by atoms with Crippen LogP contribution in [0.1, 0.15) is 123 Å². The molecule has 0 fully saturated rings. The third-order valence-electron chi connectivity index (χ3n) is 5.24. The summed E-state index contributed by atoms with van der Waals surface area (Å²) in [5, 5.41) is 9.30. The Kier molecular flexibility index (Phi) is 23.6. The van der Waals surface area contributed by atoms with Gasteiger partial charge in [0.25, 0.3) is 0 Å². The van der Waals surface area contributed by atoms with Gasteiger partial charge in [-0.3, -0.25) is 0 Å². The van der Waals surface area contributed by atoms with Crippen molar-refractivity contribution in [3.63, 3.8) is 0 Å². The second-order valence-corrected chi connectivity index (χ2v) is 9.46. The van der Waals surface area contributed by atoms with Gasteiger partial charge in [0.1, 0.15) is 0 Å². The first-order chi connectivity index (χ1) is 12.4. The van der Waals surface area contributed by atoms with Crippen molar-refractivity contribution in [1.29, 1.82) is 0 Å². The van der Waals surface area contributed by atoms with E-state index in [2.05, 4.69) is 13.8 Å². The number of rotatable bonds is 19. The van der Waals surface area contributed by atoms with Crippen molar-refractivity contribution in [3.05, 3.63) is 0 Å². The zero-order valence-electron chi connectivity index (χ0n) is 18.3. The smallest absolute Gasteiger partial charge is 0.748 e. The summed E-state index contributed by atoms with van der Waals surface area (Å²) >= 11 is 0. The Morgan fingerprint density at radius 2 is 1.00 bits per heavy atom. The first-order valence-corrected chi connectivity index (χ1v) is 12.5. The van der Waals surface area contributed by atoms with Gasteiger partial charge in [-0.25, -0.2) is 8.42 Å². The third-order valence-corrected chi connectivity index (χ3v) is 6.53. The number of aliphatic hydroxyl groups is 1. The van der Waals surface area contributed by atoms with Crippen molar-refractivity contribution in [2.24, 2.45) is 0 Å². The summed E-state index contributed by atoms with van der Waals surface area (Å²) < 4.78 is 34.2. The quantitative estimate of drug-likeness (QED) is 0.194. The van der Waals surface area contributed by atoms with Gasteiger partial charge in [0, 0.05) is 5.25 Å². The van der Waals surface area contributed by atoms with Crippen LogP contribution in [0.5, 0.6) is 0 Å². The van der Waals surface area contributed by atoms with Crippen LogP contribution in [0, 0.1) is 0 Å². The van der Waals surface area contributed by atoms with Gasteiger partial charge in [-0.2, -0.15) is 0 Å². The Balaban J connectivity index is 0. The van der Waals surface area contributed by atoms with Crippen molar-refractivity contribution < 1.29 is 69.5 Å². The Hall–Kier alpha value is 1.51. The Morgan fingerprint density at radius 3 is 1.48 bits per heavy atom. The minimum atomic E-state index is -4.19. The van der Waals surface area contributed by atoms with Crippen LogP contribution in [-0.4, -0.2) is 29.4 Å². The van der Waals surface area contributed by atoms with Crippen LogP contribution in [0.3, 0.4) is 0 Å². The van der Waals surface area contributed by atoms with Crippen molar-refractivity contribution in [2.45, 2.75) is 134 Å². The maximum atomic E-state index is 11.4. The maximum absolute atomic E-state index is 11.4. The molecule has 0 saturated carbocycles. The first kappa shape index (κ1) is 30.7. The van der Waals surface area contributed by atoms with Crippen molar-refractivity contribution in [3.8, 4) is 0 Å². The summed E-state index contributed by atoms with van der Waals surface area (Å²) in [5.41, 5.74) is 0. The van der Waals surface area contributed by atoms with Crippen LogP contribution in [0.25, 0.3) is 0 Å². The van der Waals surface area contributed by atoms with Crippen LogP contribution in [0.15, 0.2) is 0 Å². The SMILES string of the molecule is CCCCCCCCCC(O)CCCCC(CCCCCC)S(=O)(=O)[O-].[K+]. The van der Waals surface area contributed by atoms with Gasteiger partial charge in [0.2, 0.25) is 0 Å². The van der Waals surface area contributed by atoms with Crippen LogP contribution in [-0.2, 0) is 10.1 Å². The van der Waals surface area contributed by atoms with Gasteiger partial charge in [0.05, 0.1) is 16.2 Å². The molecule has 0 radical (unpaired) electrons. The molecule has 1 N–H and O–H groups in total. The van der Waals surface area contributed by atoms with Gasteiger partial charge in [-0.05, 0) is 25.7 Å². The summed E-state index contributed by atoms with van der Waals surface area (Å²) in [7, 11) is -4.19. The van der Waals surface area contributed by atoms with Crippen LogP contribution in [0.4, 0.5) is 0 Å². The number of unbranched alkanes of at least 4 members (excludes halogenated alkanes) is 10. The second kappa shape index (κ2) is 20.8. The van der Waals surface area contributed by atoms with E-state index in [4.69, 9.17) is 0 Å². The maximum Gasteiger partial charge on any atom is 1.00 e. The fourth-order valence-electron chi connectivity index (χ4n) is 3.47. The van der Waals surface area contributed by atoms with Crippen LogP contribution >= 0.6 is 0 Å². The van der Waals surface area contributed by atoms with Gasteiger partial charge in [-0.15, -0.1) is 0 Å². The monoisotopic (exact) mass is 430 g/mol. The standard InChI is InChI=1S/C21H44O4S.K/c1-3-5-7-9-10-11-12-16-20(22)17-14-15-19-21(26(23,24)25)18-13-8-6-4-2;/h20-22H,3-19H2,1-2H3,(H,23,24,25);/q;+1/p-1. The molecular weight excluding hydrogens is 387 g/mol. The van der Waals surface area contributed by atoms with Crippen LogP contribution in [0.2, 0.25) is 0 Å². The molecule has 27 heavy (non-hydrogen) atoms. The minimum Gasteiger partial charge on any atom is -0.748 e. The molecule has 0 saturated heterocycles. The summed E-state index contributed by atoms with van der Waals surface area (Å²) in [6.45, 7) is 4.33. The Bertz CT molecular complexity index is 401. The molecule has 0 bridgehead atoms. The topological polar surface area (TPSA) is 77.4 Å². The summed E-state index contributed by atoms with van der Waals surface area (Å²) in [4.78, 5) is 0. The van der Waals surface area contributed by atoms with Crippen molar-refractivity contribution >= 4 is 10.1 Å². The van der Waals surface area contributed by atoms with E-state index in [9.17, 15) is 18.1 Å². The van der Waals surface area contributed by atoms with Crippen molar-refractivity contribution in [1.82, 2.24) is 0 Å². The van der Waals surface area contributed by atoms with Gasteiger partial charge in [0.15, 0.2) is 0 Å². The van der Waals surface area contributed by atoms with E-state index in [1.807, 2.05) is 0 Å².